The summed E-state index contributed by atoms with van der Waals surface area (Å²) >= 11 is 0. The number of aliphatic carboxylic acids is 1. The molecular weight excluding hydrogens is 476 g/mol. The number of rotatable bonds is 11. The normalized spacial score (nSPS) is 17.7. The first-order valence-electron chi connectivity index (χ1n) is 11.0. The molecule has 12 nitrogen and oxygen atoms in total. The highest BCUT2D eigenvalue weighted by Crippen LogP contribution is 2.25. The zero-order valence-corrected chi connectivity index (χ0v) is 19.5. The van der Waals surface area contributed by atoms with E-state index >= 15 is 0 Å². The van der Waals surface area contributed by atoms with Crippen molar-refractivity contribution in [2.45, 2.75) is 35.9 Å². The topological polar surface area (TPSA) is 175 Å². The molecule has 2 aromatic carbocycles. The van der Waals surface area contributed by atoms with Crippen LogP contribution in [0.1, 0.15) is 19.3 Å². The van der Waals surface area contributed by atoms with Gasteiger partial charge >= 0.3 is 5.97 Å². The first-order chi connectivity index (χ1) is 16.8. The zero-order valence-electron chi connectivity index (χ0n) is 18.7. The van der Waals surface area contributed by atoms with Gasteiger partial charge < -0.3 is 25.6 Å². The number of nitrogens with one attached hydrogen (secondary N) is 5. The van der Waals surface area contributed by atoms with Crippen molar-refractivity contribution in [3.05, 3.63) is 54.9 Å². The van der Waals surface area contributed by atoms with Crippen molar-refractivity contribution >= 4 is 38.6 Å². The molecule has 4 rings (SSSR count). The van der Waals surface area contributed by atoms with Crippen LogP contribution in [-0.2, 0) is 24.4 Å². The van der Waals surface area contributed by atoms with E-state index in [0.29, 0.717) is 23.1 Å². The van der Waals surface area contributed by atoms with E-state index in [2.05, 4.69) is 30.8 Å². The average molecular weight is 503 g/mol. The van der Waals surface area contributed by atoms with E-state index in [0.717, 1.165) is 0 Å². The number of hydrogen-bond donors (Lipinski definition) is 6. The van der Waals surface area contributed by atoms with Crippen LogP contribution in [0.15, 0.2) is 59.8 Å². The number of sulfonamides is 1. The summed E-state index contributed by atoms with van der Waals surface area (Å²) in [7, 11) is -4.38. The van der Waals surface area contributed by atoms with Crippen molar-refractivity contribution in [1.29, 1.82) is 0 Å². The maximum absolute atomic E-state index is 13.5. The number of carbonyl (C=O) groups excluding carboxylic acids is 1. The van der Waals surface area contributed by atoms with E-state index in [1.165, 1.54) is 6.07 Å². The lowest BCUT2D eigenvalue weighted by Crippen LogP contribution is -2.67. The molecule has 3 aromatic rings. The number of aromatic nitrogens is 2. The number of nitrogens with zero attached hydrogens (tertiary/aromatic N) is 1. The standard InChI is InChI=1S/C22H26N6O6S/c29-19(17-9-14-34-27-17)26-22(20(30)31,10-4-11-23-21-24-12-13-25-21)28-35(32,33)18-8-3-6-15-5-1-2-7-16(15)18/h1-3,5-8,12-13,17,27-28H,4,9-11,14H2,(H,26,29)(H,30,31)(H2,23,24,25). The number of benzene rings is 2. The smallest absolute Gasteiger partial charge is 0.345 e. The maximum Gasteiger partial charge on any atom is 0.345 e. The number of carboxylic acid groups (broad SMARTS) is 1. The fraction of sp³-hybridized carbons (Fsp3) is 0.318. The monoisotopic (exact) mass is 502 g/mol. The summed E-state index contributed by atoms with van der Waals surface area (Å²) in [6, 6.07) is 10.8. The summed E-state index contributed by atoms with van der Waals surface area (Å²) in [6.45, 7) is 0.548. The predicted molar refractivity (Wildman–Crippen MR) is 127 cm³/mol. The molecule has 0 saturated carbocycles. The molecular formula is C22H26N6O6S. The summed E-state index contributed by atoms with van der Waals surface area (Å²) in [5.41, 5.74) is 0.212. The van der Waals surface area contributed by atoms with Gasteiger partial charge in [0.1, 0.15) is 6.04 Å². The van der Waals surface area contributed by atoms with Crippen molar-refractivity contribution < 1.29 is 28.0 Å². The molecule has 0 radical (unpaired) electrons. The zero-order chi connectivity index (χ0) is 24.9. The van der Waals surface area contributed by atoms with Crippen molar-refractivity contribution in [3.63, 3.8) is 0 Å². The summed E-state index contributed by atoms with van der Waals surface area (Å²) in [5.74, 6) is -1.74. The number of hydroxylamine groups is 1. The summed E-state index contributed by atoms with van der Waals surface area (Å²) in [5, 5.41) is 16.7. The Morgan fingerprint density at radius 3 is 2.71 bits per heavy atom. The van der Waals surface area contributed by atoms with Crippen molar-refractivity contribution in [2.75, 3.05) is 18.5 Å². The number of amides is 1. The van der Waals surface area contributed by atoms with Crippen LogP contribution in [-0.4, -0.2) is 60.2 Å². The molecule has 1 amide bonds. The van der Waals surface area contributed by atoms with Gasteiger partial charge in [0, 0.05) is 24.3 Å². The minimum atomic E-state index is -4.38. The Morgan fingerprint density at radius 2 is 2.00 bits per heavy atom. The van der Waals surface area contributed by atoms with E-state index < -0.39 is 33.6 Å². The number of carboxylic acids is 1. The second kappa shape index (κ2) is 10.4. The third-order valence-electron chi connectivity index (χ3n) is 5.62. The van der Waals surface area contributed by atoms with Crippen LogP contribution in [0.25, 0.3) is 10.8 Å². The van der Waals surface area contributed by atoms with Gasteiger partial charge in [-0.25, -0.2) is 18.2 Å². The van der Waals surface area contributed by atoms with Crippen LogP contribution in [0.5, 0.6) is 0 Å². The van der Waals surface area contributed by atoms with Gasteiger partial charge in [-0.15, -0.1) is 0 Å². The largest absolute Gasteiger partial charge is 0.478 e. The SMILES string of the molecule is O=C(NC(CCCNc1ncc[nH]1)(NS(=O)(=O)c1cccc2ccccc12)C(=O)O)C1CCON1. The highest BCUT2D eigenvalue weighted by atomic mass is 32.2. The molecule has 1 fully saturated rings. The molecule has 1 aliphatic heterocycles. The van der Waals surface area contributed by atoms with Crippen LogP contribution >= 0.6 is 0 Å². The molecule has 0 bridgehead atoms. The molecule has 1 aliphatic rings. The molecule has 2 atom stereocenters. The number of hydrogen-bond acceptors (Lipinski definition) is 8. The Hall–Kier alpha value is -3.52. The number of fused-ring (bicyclic) bond motifs is 1. The minimum absolute atomic E-state index is 0.0912. The molecule has 0 aliphatic carbocycles. The molecule has 13 heteroatoms. The van der Waals surface area contributed by atoms with Gasteiger partial charge in [-0.2, -0.15) is 10.2 Å². The van der Waals surface area contributed by atoms with E-state index in [1.807, 2.05) is 0 Å². The second-order valence-electron chi connectivity index (χ2n) is 8.06. The number of anilines is 1. The van der Waals surface area contributed by atoms with Crippen molar-refractivity contribution in [2.24, 2.45) is 0 Å². The van der Waals surface area contributed by atoms with E-state index in [4.69, 9.17) is 4.84 Å². The quantitative estimate of drug-likeness (QED) is 0.165. The Morgan fingerprint density at radius 1 is 1.20 bits per heavy atom. The average Bonchev–Trinajstić information content (AvgIpc) is 3.55. The molecule has 2 heterocycles. The number of imidazole rings is 1. The first-order valence-corrected chi connectivity index (χ1v) is 12.5. The van der Waals surface area contributed by atoms with Crippen LogP contribution in [0, 0.1) is 0 Å². The van der Waals surface area contributed by atoms with Crippen LogP contribution in [0.3, 0.4) is 0 Å². The molecule has 35 heavy (non-hydrogen) atoms. The van der Waals surface area contributed by atoms with Crippen LogP contribution in [0.2, 0.25) is 0 Å². The molecule has 1 aromatic heterocycles. The molecule has 6 N–H and O–H groups in total. The third kappa shape index (κ3) is 5.59. The highest BCUT2D eigenvalue weighted by molar-refractivity contribution is 7.89. The fourth-order valence-corrected chi connectivity index (χ4v) is 5.40. The fourth-order valence-electron chi connectivity index (χ4n) is 3.86. The maximum atomic E-state index is 13.5. The van der Waals surface area contributed by atoms with E-state index in [1.54, 1.807) is 48.8 Å². The van der Waals surface area contributed by atoms with Gasteiger partial charge in [0.15, 0.2) is 5.95 Å². The van der Waals surface area contributed by atoms with Gasteiger partial charge in [0.05, 0.1) is 11.5 Å². The van der Waals surface area contributed by atoms with Crippen LogP contribution in [0.4, 0.5) is 5.95 Å². The van der Waals surface area contributed by atoms with Gasteiger partial charge in [0.25, 0.3) is 0 Å². The Kier molecular flexibility index (Phi) is 7.31. The van der Waals surface area contributed by atoms with Gasteiger partial charge in [-0.05, 0) is 30.7 Å². The van der Waals surface area contributed by atoms with E-state index in [-0.39, 0.29) is 30.9 Å². The number of carbonyl (C=O) groups is 2. The second-order valence-corrected chi connectivity index (χ2v) is 9.71. The molecule has 186 valence electrons. The minimum Gasteiger partial charge on any atom is -0.478 e. The lowest BCUT2D eigenvalue weighted by molar-refractivity contribution is -0.149. The van der Waals surface area contributed by atoms with Gasteiger partial charge in [-0.1, -0.05) is 36.4 Å². The predicted octanol–water partition coefficient (Wildman–Crippen LogP) is 0.924. The molecule has 0 spiro atoms. The Labute approximate surface area is 201 Å². The van der Waals surface area contributed by atoms with E-state index in [9.17, 15) is 23.1 Å². The summed E-state index contributed by atoms with van der Waals surface area (Å²) < 4.78 is 29.3. The summed E-state index contributed by atoms with van der Waals surface area (Å²) in [4.78, 5) is 37.2. The van der Waals surface area contributed by atoms with Crippen molar-refractivity contribution in [3.8, 4) is 0 Å². The Balaban J connectivity index is 1.62. The van der Waals surface area contributed by atoms with Crippen molar-refractivity contribution in [1.82, 2.24) is 25.5 Å². The summed E-state index contributed by atoms with van der Waals surface area (Å²) in [6.07, 6.45) is 3.45. The lowest BCUT2D eigenvalue weighted by Gasteiger charge is -2.32. The third-order valence-corrected chi connectivity index (χ3v) is 7.17. The lowest BCUT2D eigenvalue weighted by atomic mass is 10.0. The van der Waals surface area contributed by atoms with Gasteiger partial charge in [0.2, 0.25) is 21.6 Å². The highest BCUT2D eigenvalue weighted by Gasteiger charge is 2.45. The Bertz CT molecular complexity index is 1290. The number of H-pyrrole nitrogens is 1. The number of aromatic amines is 1. The first kappa shape index (κ1) is 24.6. The molecule has 2 unspecified atom stereocenters. The van der Waals surface area contributed by atoms with Crippen LogP contribution < -0.4 is 20.8 Å². The molecule has 1 saturated heterocycles. The van der Waals surface area contributed by atoms with Gasteiger partial charge in [-0.3, -0.25) is 4.79 Å².